The Balaban J connectivity index is 1.34. The van der Waals surface area contributed by atoms with Crippen LogP contribution in [0.4, 0.5) is 0 Å². The summed E-state index contributed by atoms with van der Waals surface area (Å²) in [4.78, 5) is 32.3. The second-order valence-corrected chi connectivity index (χ2v) is 7.50. The van der Waals surface area contributed by atoms with Gasteiger partial charge in [-0.05, 0) is 38.9 Å². The van der Waals surface area contributed by atoms with Gasteiger partial charge in [0.1, 0.15) is 0 Å². The monoisotopic (exact) mass is 369 g/mol. The van der Waals surface area contributed by atoms with Crippen molar-refractivity contribution in [2.75, 3.05) is 32.8 Å². The van der Waals surface area contributed by atoms with E-state index in [4.69, 9.17) is 4.74 Å². The van der Waals surface area contributed by atoms with E-state index >= 15 is 0 Å². The second kappa shape index (κ2) is 7.72. The number of nitrogens with one attached hydrogen (secondary N) is 1. The van der Waals surface area contributed by atoms with Crippen molar-refractivity contribution >= 4 is 22.8 Å². The zero-order chi connectivity index (χ0) is 18.8. The van der Waals surface area contributed by atoms with Gasteiger partial charge < -0.3 is 14.6 Å². The molecule has 2 aliphatic heterocycles. The third-order valence-electron chi connectivity index (χ3n) is 5.80. The summed E-state index contributed by atoms with van der Waals surface area (Å²) in [6, 6.07) is 8.30. The van der Waals surface area contributed by atoms with Crippen molar-refractivity contribution < 1.29 is 14.3 Å². The van der Waals surface area contributed by atoms with E-state index in [1.54, 1.807) is 0 Å². The normalized spacial score (nSPS) is 18.5. The van der Waals surface area contributed by atoms with E-state index in [1.165, 1.54) is 16.6 Å². The molecule has 1 aromatic heterocycles. The molecule has 0 atom stereocenters. The minimum absolute atomic E-state index is 0.0138. The number of hydrogen-bond donors (Lipinski definition) is 1. The molecule has 6 nitrogen and oxygen atoms in total. The van der Waals surface area contributed by atoms with E-state index in [-0.39, 0.29) is 17.8 Å². The molecule has 3 heterocycles. The maximum atomic E-state index is 12.8. The number of para-hydroxylation sites is 1. The lowest BCUT2D eigenvalue weighted by Gasteiger charge is -2.33. The maximum absolute atomic E-state index is 12.8. The van der Waals surface area contributed by atoms with Crippen LogP contribution in [-0.4, -0.2) is 59.4 Å². The van der Waals surface area contributed by atoms with E-state index in [2.05, 4.69) is 22.0 Å². The molecule has 4 rings (SSSR count). The number of carbonyl (C=O) groups excluding carboxylic acids is 2. The molecule has 144 valence electrons. The van der Waals surface area contributed by atoms with E-state index in [9.17, 15) is 9.59 Å². The Morgan fingerprint density at radius 3 is 2.74 bits per heavy atom. The highest BCUT2D eigenvalue weighted by atomic mass is 16.5. The van der Waals surface area contributed by atoms with Gasteiger partial charge in [-0.3, -0.25) is 14.5 Å². The van der Waals surface area contributed by atoms with Gasteiger partial charge in [0.2, 0.25) is 5.91 Å². The van der Waals surface area contributed by atoms with E-state index in [0.717, 1.165) is 44.4 Å². The number of hydrogen-bond acceptors (Lipinski definition) is 4. The predicted molar refractivity (Wildman–Crippen MR) is 103 cm³/mol. The number of carbonyl (C=O) groups is 2. The molecule has 1 amide bonds. The van der Waals surface area contributed by atoms with Crippen molar-refractivity contribution in [2.45, 2.75) is 32.7 Å². The number of fused-ring (bicyclic) bond motifs is 3. The molecule has 0 radical (unpaired) electrons. The first-order valence-electron chi connectivity index (χ1n) is 9.91. The first-order chi connectivity index (χ1) is 13.2. The Bertz CT molecular complexity index is 836. The number of H-pyrrole nitrogens is 1. The summed E-state index contributed by atoms with van der Waals surface area (Å²) >= 11 is 0. The molecule has 0 spiro atoms. The van der Waals surface area contributed by atoms with E-state index in [0.29, 0.717) is 19.7 Å². The Kier molecular flexibility index (Phi) is 5.16. The minimum atomic E-state index is -0.0913. The number of rotatable bonds is 4. The molecular formula is C21H27N3O3. The largest absolute Gasteiger partial charge is 0.466 e. The van der Waals surface area contributed by atoms with Crippen LogP contribution in [0.1, 0.15) is 31.0 Å². The maximum Gasteiger partial charge on any atom is 0.309 e. The van der Waals surface area contributed by atoms with Crippen LogP contribution in [0.5, 0.6) is 0 Å². The molecule has 1 N–H and O–H groups in total. The molecule has 1 saturated heterocycles. The summed E-state index contributed by atoms with van der Waals surface area (Å²) in [5, 5.41) is 1.22. The highest BCUT2D eigenvalue weighted by molar-refractivity contribution is 5.86. The highest BCUT2D eigenvalue weighted by Crippen LogP contribution is 2.28. The van der Waals surface area contributed by atoms with Crippen molar-refractivity contribution in [3.8, 4) is 0 Å². The fourth-order valence-electron chi connectivity index (χ4n) is 4.26. The number of benzene rings is 1. The van der Waals surface area contributed by atoms with Crippen LogP contribution in [0, 0.1) is 5.92 Å². The zero-order valence-electron chi connectivity index (χ0n) is 15.9. The Morgan fingerprint density at radius 1 is 1.19 bits per heavy atom. The lowest BCUT2D eigenvalue weighted by molar-refractivity contribution is -0.149. The van der Waals surface area contributed by atoms with Gasteiger partial charge in [0, 0.05) is 41.7 Å². The molecule has 6 heteroatoms. The van der Waals surface area contributed by atoms with E-state index < -0.39 is 0 Å². The standard InChI is InChI=1S/C21H27N3O3/c1-2-27-21(26)15-7-10-23(11-8-15)14-20(25)24-12-9-19-17(13-24)16-5-3-4-6-18(16)22-19/h3-6,15,22H,2,7-14H2,1H3. The van der Waals surface area contributed by atoms with E-state index in [1.807, 2.05) is 24.0 Å². The first kappa shape index (κ1) is 18.0. The van der Waals surface area contributed by atoms with Gasteiger partial charge in [-0.15, -0.1) is 0 Å². The third kappa shape index (κ3) is 3.72. The molecule has 1 fully saturated rings. The summed E-state index contributed by atoms with van der Waals surface area (Å²) in [6.07, 6.45) is 2.43. The van der Waals surface area contributed by atoms with Gasteiger partial charge in [0.15, 0.2) is 0 Å². The summed E-state index contributed by atoms with van der Waals surface area (Å²) in [6.45, 7) is 5.71. The zero-order valence-corrected chi connectivity index (χ0v) is 15.9. The first-order valence-corrected chi connectivity index (χ1v) is 9.91. The van der Waals surface area contributed by atoms with Gasteiger partial charge in [0.05, 0.1) is 19.1 Å². The van der Waals surface area contributed by atoms with Gasteiger partial charge in [-0.2, -0.15) is 0 Å². The summed E-state index contributed by atoms with van der Waals surface area (Å²) in [7, 11) is 0. The number of amides is 1. The molecule has 2 aromatic rings. The summed E-state index contributed by atoms with van der Waals surface area (Å²) < 4.78 is 5.12. The Morgan fingerprint density at radius 2 is 1.96 bits per heavy atom. The molecule has 0 aliphatic carbocycles. The van der Waals surface area contributed by atoms with Crippen molar-refractivity contribution in [3.05, 3.63) is 35.5 Å². The minimum Gasteiger partial charge on any atom is -0.466 e. The van der Waals surface area contributed by atoms with Crippen LogP contribution in [0.25, 0.3) is 10.9 Å². The number of aromatic nitrogens is 1. The quantitative estimate of drug-likeness (QED) is 0.840. The van der Waals surface area contributed by atoms with Crippen molar-refractivity contribution in [1.82, 2.24) is 14.8 Å². The number of ether oxygens (including phenoxy) is 1. The average molecular weight is 369 g/mol. The van der Waals surface area contributed by atoms with Crippen LogP contribution >= 0.6 is 0 Å². The van der Waals surface area contributed by atoms with Crippen LogP contribution in [-0.2, 0) is 27.3 Å². The van der Waals surface area contributed by atoms with Crippen molar-refractivity contribution in [1.29, 1.82) is 0 Å². The van der Waals surface area contributed by atoms with Crippen LogP contribution < -0.4 is 0 Å². The Hall–Kier alpha value is -2.34. The van der Waals surface area contributed by atoms with Gasteiger partial charge in [-0.25, -0.2) is 0 Å². The Labute approximate surface area is 159 Å². The van der Waals surface area contributed by atoms with Crippen molar-refractivity contribution in [3.63, 3.8) is 0 Å². The lowest BCUT2D eigenvalue weighted by Crippen LogP contribution is -2.45. The molecule has 2 aliphatic rings. The smallest absolute Gasteiger partial charge is 0.309 e. The fraction of sp³-hybridized carbons (Fsp3) is 0.524. The van der Waals surface area contributed by atoms with Crippen LogP contribution in [0.3, 0.4) is 0 Å². The number of piperidine rings is 1. The molecule has 27 heavy (non-hydrogen) atoms. The number of esters is 1. The summed E-state index contributed by atoms with van der Waals surface area (Å²) in [5.41, 5.74) is 3.67. The third-order valence-corrected chi connectivity index (χ3v) is 5.80. The number of aromatic amines is 1. The highest BCUT2D eigenvalue weighted by Gasteiger charge is 2.29. The molecule has 0 unspecified atom stereocenters. The number of nitrogens with zero attached hydrogens (tertiary/aromatic N) is 2. The fourth-order valence-corrected chi connectivity index (χ4v) is 4.26. The molecular weight excluding hydrogens is 342 g/mol. The van der Waals surface area contributed by atoms with Crippen LogP contribution in [0.15, 0.2) is 24.3 Å². The van der Waals surface area contributed by atoms with Crippen LogP contribution in [0.2, 0.25) is 0 Å². The molecule has 0 saturated carbocycles. The average Bonchev–Trinajstić information content (AvgIpc) is 3.06. The second-order valence-electron chi connectivity index (χ2n) is 7.50. The van der Waals surface area contributed by atoms with Gasteiger partial charge in [-0.1, -0.05) is 18.2 Å². The SMILES string of the molecule is CCOC(=O)C1CCN(CC(=O)N2CCc3[nH]c4ccccc4c3C2)CC1. The molecule has 0 bridgehead atoms. The van der Waals surface area contributed by atoms with Crippen molar-refractivity contribution in [2.24, 2.45) is 5.92 Å². The predicted octanol–water partition coefficient (Wildman–Crippen LogP) is 2.33. The van der Waals surface area contributed by atoms with Gasteiger partial charge in [0.25, 0.3) is 0 Å². The lowest BCUT2D eigenvalue weighted by atomic mass is 9.97. The summed E-state index contributed by atoms with van der Waals surface area (Å²) in [5.74, 6) is 0.0759. The number of likely N-dealkylation sites (tertiary alicyclic amines) is 1. The van der Waals surface area contributed by atoms with Gasteiger partial charge >= 0.3 is 5.97 Å². The molecule has 1 aromatic carbocycles. The topological polar surface area (TPSA) is 65.6 Å².